The van der Waals surface area contributed by atoms with Crippen molar-refractivity contribution >= 4 is 30.5 Å². The van der Waals surface area contributed by atoms with Gasteiger partial charge in [0.1, 0.15) is 17.8 Å². The predicted molar refractivity (Wildman–Crippen MR) is 104 cm³/mol. The van der Waals surface area contributed by atoms with Gasteiger partial charge in [-0.1, -0.05) is 23.7 Å². The normalized spacial score (nSPS) is 18.0. The lowest BCUT2D eigenvalue weighted by Crippen LogP contribution is -2.41. The first-order valence-electron chi connectivity index (χ1n) is 8.52. The number of benzene rings is 2. The van der Waals surface area contributed by atoms with E-state index >= 15 is 0 Å². The van der Waals surface area contributed by atoms with Gasteiger partial charge >= 0.3 is 7.12 Å². The molecule has 1 aliphatic heterocycles. The van der Waals surface area contributed by atoms with Gasteiger partial charge in [0, 0.05) is 5.56 Å². The highest BCUT2D eigenvalue weighted by Gasteiger charge is 2.52. The van der Waals surface area contributed by atoms with Crippen LogP contribution in [0.25, 0.3) is 0 Å². The van der Waals surface area contributed by atoms with Gasteiger partial charge in [-0.25, -0.2) is 0 Å². The van der Waals surface area contributed by atoms with Crippen LogP contribution in [0.4, 0.5) is 0 Å². The number of carbonyl (C=O) groups is 1. The van der Waals surface area contributed by atoms with Crippen LogP contribution in [-0.2, 0) is 9.31 Å². The molecule has 0 radical (unpaired) electrons. The predicted octanol–water partition coefficient (Wildman–Crippen LogP) is 4.55. The molecule has 0 aliphatic carbocycles. The van der Waals surface area contributed by atoms with Gasteiger partial charge in [-0.3, -0.25) is 4.79 Å². The molecule has 3 rings (SSSR count). The lowest BCUT2D eigenvalue weighted by Gasteiger charge is -2.32. The second-order valence-electron chi connectivity index (χ2n) is 7.47. The molecule has 1 saturated heterocycles. The molecule has 0 aromatic heterocycles. The van der Waals surface area contributed by atoms with Crippen molar-refractivity contribution in [2.75, 3.05) is 0 Å². The Morgan fingerprint density at radius 2 is 1.69 bits per heavy atom. The topological polar surface area (TPSA) is 44.8 Å². The van der Waals surface area contributed by atoms with Crippen LogP contribution in [0, 0.1) is 6.92 Å². The molecule has 2 aromatic carbocycles. The van der Waals surface area contributed by atoms with Crippen molar-refractivity contribution in [1.29, 1.82) is 0 Å². The summed E-state index contributed by atoms with van der Waals surface area (Å²) in [6.45, 7) is 10.1. The SMILES string of the molecule is Cc1c(Oc2ccc(C=O)cc2Cl)cccc1B1OC(C)(C)C(C)(C)O1. The van der Waals surface area contributed by atoms with Gasteiger partial charge in [0.25, 0.3) is 0 Å². The highest BCUT2D eigenvalue weighted by molar-refractivity contribution is 6.62. The summed E-state index contributed by atoms with van der Waals surface area (Å²) < 4.78 is 18.3. The van der Waals surface area contributed by atoms with Crippen LogP contribution in [0.2, 0.25) is 5.02 Å². The van der Waals surface area contributed by atoms with Crippen molar-refractivity contribution in [3.8, 4) is 11.5 Å². The fraction of sp³-hybridized carbons (Fsp3) is 0.350. The minimum absolute atomic E-state index is 0.384. The number of ether oxygens (including phenoxy) is 1. The second-order valence-corrected chi connectivity index (χ2v) is 7.88. The maximum atomic E-state index is 10.9. The molecule has 6 heteroatoms. The minimum Gasteiger partial charge on any atom is -0.456 e. The Morgan fingerprint density at radius 1 is 1.04 bits per heavy atom. The highest BCUT2D eigenvalue weighted by atomic mass is 35.5. The summed E-state index contributed by atoms with van der Waals surface area (Å²) in [7, 11) is -0.462. The first-order chi connectivity index (χ1) is 12.1. The third-order valence-corrected chi connectivity index (χ3v) is 5.44. The van der Waals surface area contributed by atoms with Gasteiger partial charge in [-0.2, -0.15) is 0 Å². The van der Waals surface area contributed by atoms with Crippen LogP contribution < -0.4 is 10.2 Å². The zero-order chi connectivity index (χ0) is 19.1. The van der Waals surface area contributed by atoms with Crippen molar-refractivity contribution in [1.82, 2.24) is 0 Å². The molecule has 0 N–H and O–H groups in total. The van der Waals surface area contributed by atoms with E-state index in [0.717, 1.165) is 17.3 Å². The van der Waals surface area contributed by atoms with E-state index in [9.17, 15) is 4.79 Å². The number of halogens is 1. The molecular formula is C20H22BClO4. The maximum Gasteiger partial charge on any atom is 0.495 e. The molecule has 136 valence electrons. The van der Waals surface area contributed by atoms with E-state index in [1.165, 1.54) is 0 Å². The van der Waals surface area contributed by atoms with E-state index in [2.05, 4.69) is 0 Å². The zero-order valence-corrected chi connectivity index (χ0v) is 16.4. The molecule has 0 atom stereocenters. The first kappa shape index (κ1) is 19.0. The van der Waals surface area contributed by atoms with E-state index in [0.29, 0.717) is 22.1 Å². The molecule has 1 aliphatic rings. The number of hydrogen-bond acceptors (Lipinski definition) is 4. The van der Waals surface area contributed by atoms with Crippen LogP contribution in [-0.4, -0.2) is 24.6 Å². The Morgan fingerprint density at radius 3 is 2.27 bits per heavy atom. The summed E-state index contributed by atoms with van der Waals surface area (Å²) in [5, 5.41) is 0.384. The summed E-state index contributed by atoms with van der Waals surface area (Å²) >= 11 is 6.22. The van der Waals surface area contributed by atoms with Gasteiger partial charge in [0.2, 0.25) is 0 Å². The molecule has 0 bridgehead atoms. The average Bonchev–Trinajstić information content (AvgIpc) is 2.78. The summed E-state index contributed by atoms with van der Waals surface area (Å²) in [6, 6.07) is 10.7. The van der Waals surface area contributed by atoms with Gasteiger partial charge < -0.3 is 14.0 Å². The highest BCUT2D eigenvalue weighted by Crippen LogP contribution is 2.37. The van der Waals surface area contributed by atoms with Crippen molar-refractivity contribution in [2.45, 2.75) is 45.8 Å². The fourth-order valence-corrected chi connectivity index (χ4v) is 2.99. The molecule has 26 heavy (non-hydrogen) atoms. The summed E-state index contributed by atoms with van der Waals surface area (Å²) in [4.78, 5) is 10.9. The van der Waals surface area contributed by atoms with E-state index in [1.807, 2.05) is 52.8 Å². The Hall–Kier alpha value is -1.82. The first-order valence-corrected chi connectivity index (χ1v) is 8.90. The van der Waals surface area contributed by atoms with Gasteiger partial charge in [-0.15, -0.1) is 0 Å². The largest absolute Gasteiger partial charge is 0.495 e. The van der Waals surface area contributed by atoms with Gasteiger partial charge in [0.05, 0.1) is 16.2 Å². The van der Waals surface area contributed by atoms with Crippen LogP contribution in [0.5, 0.6) is 11.5 Å². The second kappa shape index (κ2) is 6.73. The molecule has 2 aromatic rings. The van der Waals surface area contributed by atoms with Crippen molar-refractivity contribution in [3.05, 3.63) is 52.5 Å². The Labute approximate surface area is 159 Å². The average molecular weight is 373 g/mol. The standard InChI is InChI=1S/C20H22BClO4/c1-13-15(21-25-19(2,3)20(4,5)26-21)7-6-8-17(13)24-18-10-9-14(12-23)11-16(18)22/h6-12H,1-5H3. The van der Waals surface area contributed by atoms with Crippen LogP contribution in [0.3, 0.4) is 0 Å². The Bertz CT molecular complexity index is 832. The minimum atomic E-state index is -0.462. The quantitative estimate of drug-likeness (QED) is 0.583. The van der Waals surface area contributed by atoms with E-state index in [1.54, 1.807) is 18.2 Å². The lowest BCUT2D eigenvalue weighted by molar-refractivity contribution is 0.00578. The fourth-order valence-electron chi connectivity index (χ4n) is 2.76. The summed E-state index contributed by atoms with van der Waals surface area (Å²) in [5.74, 6) is 1.16. The van der Waals surface area contributed by atoms with Crippen LogP contribution in [0.15, 0.2) is 36.4 Å². The molecular weight excluding hydrogens is 350 g/mol. The monoisotopic (exact) mass is 372 g/mol. The summed E-state index contributed by atoms with van der Waals surface area (Å²) in [6.07, 6.45) is 0.750. The van der Waals surface area contributed by atoms with Crippen LogP contribution in [0.1, 0.15) is 43.6 Å². The molecule has 0 saturated carbocycles. The van der Waals surface area contributed by atoms with Crippen LogP contribution >= 0.6 is 11.6 Å². The number of hydrogen-bond donors (Lipinski definition) is 0. The van der Waals surface area contributed by atoms with Gasteiger partial charge in [-0.05, 0) is 69.9 Å². The lowest BCUT2D eigenvalue weighted by atomic mass is 9.76. The van der Waals surface area contributed by atoms with E-state index in [4.69, 9.17) is 25.6 Å². The number of carbonyl (C=O) groups excluding carboxylic acids is 1. The van der Waals surface area contributed by atoms with Crippen molar-refractivity contribution in [3.63, 3.8) is 0 Å². The maximum absolute atomic E-state index is 10.9. The molecule has 0 unspecified atom stereocenters. The van der Waals surface area contributed by atoms with Gasteiger partial charge in [0.15, 0.2) is 0 Å². The third kappa shape index (κ3) is 3.39. The molecule has 4 nitrogen and oxygen atoms in total. The van der Waals surface area contributed by atoms with E-state index < -0.39 is 18.3 Å². The molecule has 0 spiro atoms. The number of aldehydes is 1. The van der Waals surface area contributed by atoms with Crippen molar-refractivity contribution in [2.24, 2.45) is 0 Å². The Balaban J connectivity index is 1.90. The smallest absolute Gasteiger partial charge is 0.456 e. The number of rotatable bonds is 4. The van der Waals surface area contributed by atoms with E-state index in [-0.39, 0.29) is 0 Å². The Kier molecular flexibility index (Phi) is 4.91. The zero-order valence-electron chi connectivity index (χ0n) is 15.6. The third-order valence-electron chi connectivity index (χ3n) is 5.15. The molecule has 1 fully saturated rings. The summed E-state index contributed by atoms with van der Waals surface area (Å²) in [5.41, 5.74) is 1.53. The van der Waals surface area contributed by atoms with Crippen molar-refractivity contribution < 1.29 is 18.8 Å². The molecule has 0 amide bonds. The molecule has 1 heterocycles.